The number of halogens is 2. The number of nitriles is 1. The summed E-state index contributed by atoms with van der Waals surface area (Å²) in [6.07, 6.45) is 0. The molecule has 0 aliphatic heterocycles. The fraction of sp³-hybridized carbons (Fsp3) is 0.105. The van der Waals surface area contributed by atoms with Crippen LogP contribution in [0.4, 0.5) is 5.69 Å². The summed E-state index contributed by atoms with van der Waals surface area (Å²) in [6.45, 7) is 1.98. The van der Waals surface area contributed by atoms with E-state index in [1.807, 2.05) is 25.1 Å². The first-order valence-electron chi connectivity index (χ1n) is 7.66. The predicted molar refractivity (Wildman–Crippen MR) is 107 cm³/mol. The number of aryl methyl sites for hydroxylation is 1. The molecule has 130 valence electrons. The molecule has 7 heteroatoms. The van der Waals surface area contributed by atoms with Crippen LogP contribution in [0.3, 0.4) is 0 Å². The molecule has 0 aliphatic carbocycles. The van der Waals surface area contributed by atoms with Crippen LogP contribution in [0.15, 0.2) is 47.5 Å². The monoisotopic (exact) mass is 401 g/mol. The van der Waals surface area contributed by atoms with Gasteiger partial charge in [-0.05, 0) is 36.8 Å². The van der Waals surface area contributed by atoms with Gasteiger partial charge in [0.05, 0.1) is 32.6 Å². The van der Waals surface area contributed by atoms with E-state index >= 15 is 0 Å². The molecule has 0 unspecified atom stereocenters. The predicted octanol–water partition coefficient (Wildman–Crippen LogP) is 5.45. The normalized spacial score (nSPS) is 10.5. The van der Waals surface area contributed by atoms with E-state index in [4.69, 9.17) is 23.2 Å². The third-order valence-electron chi connectivity index (χ3n) is 3.62. The Hall–Kier alpha value is -2.26. The number of nitrogens with zero attached hydrogens (tertiary/aromatic N) is 2. The number of pyridine rings is 1. The van der Waals surface area contributed by atoms with Gasteiger partial charge in [-0.3, -0.25) is 4.79 Å². The van der Waals surface area contributed by atoms with Crippen LogP contribution in [0.5, 0.6) is 0 Å². The number of rotatable bonds is 4. The summed E-state index contributed by atoms with van der Waals surface area (Å²) >= 11 is 13.2. The van der Waals surface area contributed by atoms with Crippen molar-refractivity contribution in [3.63, 3.8) is 0 Å². The lowest BCUT2D eigenvalue weighted by Crippen LogP contribution is -2.14. The molecule has 3 rings (SSSR count). The van der Waals surface area contributed by atoms with Crippen molar-refractivity contribution in [2.45, 2.75) is 11.9 Å². The number of anilines is 1. The summed E-state index contributed by atoms with van der Waals surface area (Å²) in [4.78, 5) is 16.8. The minimum absolute atomic E-state index is 0.0991. The van der Waals surface area contributed by atoms with E-state index in [2.05, 4.69) is 16.4 Å². The Labute approximate surface area is 165 Å². The largest absolute Gasteiger partial charge is 0.324 e. The molecule has 1 aromatic heterocycles. The third-order valence-corrected chi connectivity index (χ3v) is 5.43. The Morgan fingerprint density at radius 1 is 1.27 bits per heavy atom. The molecule has 3 aromatic rings. The maximum absolute atomic E-state index is 12.2. The highest BCUT2D eigenvalue weighted by Crippen LogP contribution is 2.30. The van der Waals surface area contributed by atoms with E-state index in [1.165, 1.54) is 11.8 Å². The summed E-state index contributed by atoms with van der Waals surface area (Å²) in [5, 5.41) is 14.2. The number of nitrogens with one attached hydrogen (secondary N) is 1. The second kappa shape index (κ2) is 7.96. The molecule has 0 saturated carbocycles. The number of thioether (sulfide) groups is 1. The molecule has 26 heavy (non-hydrogen) atoms. The molecule has 1 heterocycles. The SMILES string of the molecule is Cc1ccc2cc(C#N)c(SCC(=O)Nc3cccc(Cl)c3Cl)nc2c1. The number of amides is 1. The van der Waals surface area contributed by atoms with Gasteiger partial charge < -0.3 is 5.32 Å². The van der Waals surface area contributed by atoms with Crippen LogP contribution >= 0.6 is 35.0 Å². The zero-order valence-corrected chi connectivity index (χ0v) is 16.0. The van der Waals surface area contributed by atoms with Crippen molar-refractivity contribution in [3.8, 4) is 6.07 Å². The standard InChI is InChI=1S/C19H13Cl2N3OS/c1-11-5-6-12-8-13(9-22)19(24-16(12)7-11)26-10-17(25)23-15-4-2-3-14(20)18(15)21/h2-8H,10H2,1H3,(H,23,25). The van der Waals surface area contributed by atoms with Gasteiger partial charge in [0.15, 0.2) is 0 Å². The second-order valence-corrected chi connectivity index (χ2v) is 7.34. The number of hydrogen-bond donors (Lipinski definition) is 1. The van der Waals surface area contributed by atoms with E-state index < -0.39 is 0 Å². The molecular weight excluding hydrogens is 389 g/mol. The van der Waals surface area contributed by atoms with Crippen LogP contribution in [0.1, 0.15) is 11.1 Å². The summed E-state index contributed by atoms with van der Waals surface area (Å²) in [7, 11) is 0. The molecule has 0 atom stereocenters. The fourth-order valence-electron chi connectivity index (χ4n) is 2.37. The maximum atomic E-state index is 12.2. The van der Waals surface area contributed by atoms with Gasteiger partial charge in [0.2, 0.25) is 5.91 Å². The van der Waals surface area contributed by atoms with E-state index in [0.717, 1.165) is 16.5 Å². The lowest BCUT2D eigenvalue weighted by molar-refractivity contribution is -0.113. The van der Waals surface area contributed by atoms with Crippen LogP contribution in [0.2, 0.25) is 10.0 Å². The van der Waals surface area contributed by atoms with Crippen LogP contribution in [-0.2, 0) is 4.79 Å². The van der Waals surface area contributed by atoms with Crippen LogP contribution in [-0.4, -0.2) is 16.6 Å². The average molecular weight is 402 g/mol. The molecule has 1 amide bonds. The lowest BCUT2D eigenvalue weighted by atomic mass is 10.1. The number of hydrogen-bond acceptors (Lipinski definition) is 4. The van der Waals surface area contributed by atoms with Gasteiger partial charge in [0.1, 0.15) is 11.1 Å². The van der Waals surface area contributed by atoms with E-state index in [9.17, 15) is 10.1 Å². The summed E-state index contributed by atoms with van der Waals surface area (Å²) in [5.74, 6) is -0.156. The Morgan fingerprint density at radius 3 is 2.85 bits per heavy atom. The Balaban J connectivity index is 1.77. The van der Waals surface area contributed by atoms with Gasteiger partial charge >= 0.3 is 0 Å². The minimum atomic E-state index is -0.255. The number of aromatic nitrogens is 1. The highest BCUT2D eigenvalue weighted by Gasteiger charge is 2.12. The third kappa shape index (κ3) is 4.10. The first-order valence-corrected chi connectivity index (χ1v) is 9.40. The van der Waals surface area contributed by atoms with E-state index in [0.29, 0.717) is 26.3 Å². The Bertz CT molecular complexity index is 1050. The highest BCUT2D eigenvalue weighted by molar-refractivity contribution is 8.00. The van der Waals surface area contributed by atoms with Gasteiger partial charge in [0.25, 0.3) is 0 Å². The molecular formula is C19H13Cl2N3OS. The summed E-state index contributed by atoms with van der Waals surface area (Å²) in [6, 6.07) is 14.8. The van der Waals surface area contributed by atoms with Crippen molar-refractivity contribution >= 4 is 57.5 Å². The van der Waals surface area contributed by atoms with Gasteiger partial charge in [-0.15, -0.1) is 0 Å². The Morgan fingerprint density at radius 2 is 2.08 bits per heavy atom. The van der Waals surface area contributed by atoms with Crippen molar-refractivity contribution in [3.05, 3.63) is 63.6 Å². The number of fused-ring (bicyclic) bond motifs is 1. The van der Waals surface area contributed by atoms with Gasteiger partial charge in [-0.25, -0.2) is 4.98 Å². The molecule has 0 bridgehead atoms. The topological polar surface area (TPSA) is 65.8 Å². The quantitative estimate of drug-likeness (QED) is 0.589. The van der Waals surface area contributed by atoms with Gasteiger partial charge in [0, 0.05) is 5.39 Å². The number of benzene rings is 2. The van der Waals surface area contributed by atoms with Crippen LogP contribution in [0, 0.1) is 18.3 Å². The summed E-state index contributed by atoms with van der Waals surface area (Å²) < 4.78 is 0. The smallest absolute Gasteiger partial charge is 0.234 e. The van der Waals surface area contributed by atoms with Crippen molar-refractivity contribution in [1.82, 2.24) is 4.98 Å². The molecule has 0 aliphatic rings. The van der Waals surface area contributed by atoms with Crippen LogP contribution in [0.25, 0.3) is 10.9 Å². The zero-order chi connectivity index (χ0) is 18.7. The minimum Gasteiger partial charge on any atom is -0.324 e. The van der Waals surface area contributed by atoms with E-state index in [-0.39, 0.29) is 11.7 Å². The molecule has 0 fully saturated rings. The Kier molecular flexibility index (Phi) is 5.67. The van der Waals surface area contributed by atoms with Crippen molar-refractivity contribution in [1.29, 1.82) is 5.26 Å². The molecule has 0 radical (unpaired) electrons. The average Bonchev–Trinajstić information content (AvgIpc) is 2.63. The number of carbonyl (C=O) groups is 1. The first-order chi connectivity index (χ1) is 12.5. The van der Waals surface area contributed by atoms with Crippen molar-refractivity contribution in [2.75, 3.05) is 11.1 Å². The lowest BCUT2D eigenvalue weighted by Gasteiger charge is -2.09. The highest BCUT2D eigenvalue weighted by atomic mass is 35.5. The fourth-order valence-corrected chi connectivity index (χ4v) is 3.48. The van der Waals surface area contributed by atoms with Crippen LogP contribution < -0.4 is 5.32 Å². The first kappa shape index (κ1) is 18.5. The van der Waals surface area contributed by atoms with Gasteiger partial charge in [-0.2, -0.15) is 5.26 Å². The molecule has 0 saturated heterocycles. The molecule has 1 N–H and O–H groups in total. The summed E-state index contributed by atoms with van der Waals surface area (Å²) in [5.41, 5.74) is 2.77. The van der Waals surface area contributed by atoms with Gasteiger partial charge in [-0.1, -0.05) is 53.2 Å². The zero-order valence-electron chi connectivity index (χ0n) is 13.7. The molecule has 0 spiro atoms. The molecule has 2 aromatic carbocycles. The number of carbonyl (C=O) groups excluding carboxylic acids is 1. The second-order valence-electron chi connectivity index (χ2n) is 5.59. The van der Waals surface area contributed by atoms with Crippen molar-refractivity contribution < 1.29 is 4.79 Å². The van der Waals surface area contributed by atoms with E-state index in [1.54, 1.807) is 24.3 Å². The van der Waals surface area contributed by atoms with Crippen molar-refractivity contribution in [2.24, 2.45) is 0 Å². The maximum Gasteiger partial charge on any atom is 0.234 e. The molecule has 4 nitrogen and oxygen atoms in total.